The summed E-state index contributed by atoms with van der Waals surface area (Å²) < 4.78 is 10.6. The molecular weight excluding hydrogens is 276 g/mol. The van der Waals surface area contributed by atoms with Gasteiger partial charge in [0.2, 0.25) is 0 Å². The zero-order valence-corrected chi connectivity index (χ0v) is 12.4. The van der Waals surface area contributed by atoms with Gasteiger partial charge in [-0.1, -0.05) is 6.07 Å². The second kappa shape index (κ2) is 8.33. The largest absolute Gasteiger partial charge is 0.351 e. The molecule has 0 heterocycles. The summed E-state index contributed by atoms with van der Waals surface area (Å²) in [5, 5.41) is 13.4. The topological polar surface area (TPSA) is 90.7 Å². The summed E-state index contributed by atoms with van der Waals surface area (Å²) in [6, 6.07) is 4.19. The minimum absolute atomic E-state index is 0.114. The van der Waals surface area contributed by atoms with Crippen LogP contribution in [0.5, 0.6) is 0 Å². The molecule has 7 nitrogen and oxygen atoms in total. The van der Waals surface area contributed by atoms with Crippen molar-refractivity contribution >= 4 is 11.6 Å². The van der Waals surface area contributed by atoms with Crippen LogP contribution in [0.1, 0.15) is 29.8 Å². The molecule has 0 fully saturated rings. The lowest BCUT2D eigenvalue weighted by Crippen LogP contribution is -2.35. The van der Waals surface area contributed by atoms with Crippen molar-refractivity contribution in [1.29, 1.82) is 0 Å². The van der Waals surface area contributed by atoms with Crippen LogP contribution in [0.2, 0.25) is 0 Å². The number of ether oxygens (including phenoxy) is 2. The molecule has 0 atom stereocenters. The monoisotopic (exact) mass is 296 g/mol. The van der Waals surface area contributed by atoms with E-state index in [1.54, 1.807) is 13.0 Å². The maximum Gasteiger partial charge on any atom is 0.270 e. The highest BCUT2D eigenvalue weighted by Crippen LogP contribution is 2.17. The Kier molecular flexibility index (Phi) is 6.77. The van der Waals surface area contributed by atoms with E-state index in [2.05, 4.69) is 5.32 Å². The van der Waals surface area contributed by atoms with Gasteiger partial charge in [0.15, 0.2) is 6.29 Å². The third kappa shape index (κ3) is 5.13. The first-order valence-electron chi connectivity index (χ1n) is 6.76. The number of nitro groups is 1. The van der Waals surface area contributed by atoms with E-state index in [1.165, 1.54) is 12.1 Å². The van der Waals surface area contributed by atoms with Crippen molar-refractivity contribution in [2.75, 3.05) is 19.8 Å². The summed E-state index contributed by atoms with van der Waals surface area (Å²) in [6.07, 6.45) is -0.525. The predicted molar refractivity (Wildman–Crippen MR) is 77.2 cm³/mol. The van der Waals surface area contributed by atoms with Crippen LogP contribution in [0.3, 0.4) is 0 Å². The first-order valence-corrected chi connectivity index (χ1v) is 6.76. The predicted octanol–water partition coefficient (Wildman–Crippen LogP) is 2.03. The molecule has 1 rings (SSSR count). The Hall–Kier alpha value is -1.99. The summed E-state index contributed by atoms with van der Waals surface area (Å²) in [5.74, 6) is -0.388. The number of non-ortho nitro benzene ring substituents is 1. The van der Waals surface area contributed by atoms with Crippen molar-refractivity contribution in [3.05, 3.63) is 39.4 Å². The van der Waals surface area contributed by atoms with Crippen LogP contribution in [0.4, 0.5) is 5.69 Å². The molecular formula is C14H20N2O5. The SMILES string of the molecule is CCOC(CNC(=O)c1cc([N+](=O)[O-])ccc1C)OCC. The van der Waals surface area contributed by atoms with E-state index in [0.717, 1.165) is 0 Å². The van der Waals surface area contributed by atoms with Gasteiger partial charge in [-0.15, -0.1) is 0 Å². The van der Waals surface area contributed by atoms with E-state index in [0.29, 0.717) is 18.8 Å². The zero-order valence-electron chi connectivity index (χ0n) is 12.4. The van der Waals surface area contributed by atoms with Crippen LogP contribution in [-0.2, 0) is 9.47 Å². The lowest BCUT2D eigenvalue weighted by Gasteiger charge is -2.17. The number of aryl methyl sites for hydroxylation is 1. The Labute approximate surface area is 123 Å². The van der Waals surface area contributed by atoms with Gasteiger partial charge >= 0.3 is 0 Å². The highest BCUT2D eigenvalue weighted by atomic mass is 16.7. The van der Waals surface area contributed by atoms with Gasteiger partial charge in [-0.25, -0.2) is 0 Å². The molecule has 0 aromatic heterocycles. The van der Waals surface area contributed by atoms with Crippen molar-refractivity contribution in [2.24, 2.45) is 0 Å². The standard InChI is InChI=1S/C14H20N2O5/c1-4-20-13(21-5-2)9-15-14(17)12-8-11(16(18)19)7-6-10(12)3/h6-8,13H,4-5,9H2,1-3H3,(H,15,17). The fraction of sp³-hybridized carbons (Fsp3) is 0.500. The number of benzene rings is 1. The number of carbonyl (C=O) groups is 1. The molecule has 0 unspecified atom stereocenters. The second-order valence-corrected chi connectivity index (χ2v) is 4.31. The average molecular weight is 296 g/mol. The molecule has 1 N–H and O–H groups in total. The first-order chi connectivity index (χ1) is 9.99. The van der Waals surface area contributed by atoms with Crippen molar-refractivity contribution in [3.8, 4) is 0 Å². The van der Waals surface area contributed by atoms with Gasteiger partial charge in [0.05, 0.1) is 11.5 Å². The summed E-state index contributed by atoms with van der Waals surface area (Å²) in [5.41, 5.74) is 0.829. The molecule has 0 bridgehead atoms. The van der Waals surface area contributed by atoms with E-state index in [4.69, 9.17) is 9.47 Å². The van der Waals surface area contributed by atoms with Crippen LogP contribution in [0.25, 0.3) is 0 Å². The average Bonchev–Trinajstić information content (AvgIpc) is 2.45. The Bertz CT molecular complexity index is 498. The van der Waals surface area contributed by atoms with Crippen molar-refractivity contribution in [3.63, 3.8) is 0 Å². The van der Waals surface area contributed by atoms with Gasteiger partial charge < -0.3 is 14.8 Å². The number of amides is 1. The number of nitro benzene ring substituents is 1. The Morgan fingerprint density at radius 2 is 1.95 bits per heavy atom. The lowest BCUT2D eigenvalue weighted by molar-refractivity contribution is -0.384. The quantitative estimate of drug-likeness (QED) is 0.450. The molecule has 1 aromatic carbocycles. The molecule has 7 heteroatoms. The number of rotatable bonds is 8. The Morgan fingerprint density at radius 3 is 2.48 bits per heavy atom. The highest BCUT2D eigenvalue weighted by molar-refractivity contribution is 5.96. The summed E-state index contributed by atoms with van der Waals surface area (Å²) in [4.78, 5) is 22.3. The third-order valence-corrected chi connectivity index (χ3v) is 2.81. The molecule has 21 heavy (non-hydrogen) atoms. The van der Waals surface area contributed by atoms with E-state index >= 15 is 0 Å². The second-order valence-electron chi connectivity index (χ2n) is 4.31. The van der Waals surface area contributed by atoms with Crippen LogP contribution in [0, 0.1) is 17.0 Å². The van der Waals surface area contributed by atoms with Gasteiger partial charge in [-0.3, -0.25) is 14.9 Å². The molecule has 0 saturated heterocycles. The molecule has 1 aromatic rings. The molecule has 0 aliphatic rings. The third-order valence-electron chi connectivity index (χ3n) is 2.81. The van der Waals surface area contributed by atoms with Crippen molar-refractivity contribution in [1.82, 2.24) is 5.32 Å². The molecule has 116 valence electrons. The summed E-state index contributed by atoms with van der Waals surface area (Å²) in [6.45, 7) is 6.51. The highest BCUT2D eigenvalue weighted by Gasteiger charge is 2.16. The van der Waals surface area contributed by atoms with Crippen LogP contribution in [-0.4, -0.2) is 36.9 Å². The van der Waals surface area contributed by atoms with Gasteiger partial charge in [0, 0.05) is 30.9 Å². The van der Waals surface area contributed by atoms with Crippen LogP contribution < -0.4 is 5.32 Å². The van der Waals surface area contributed by atoms with Gasteiger partial charge in [-0.05, 0) is 26.3 Å². The number of carbonyl (C=O) groups excluding carboxylic acids is 1. The molecule has 0 spiro atoms. The van der Waals surface area contributed by atoms with E-state index < -0.39 is 11.2 Å². The minimum Gasteiger partial charge on any atom is -0.351 e. The molecule has 0 saturated carbocycles. The van der Waals surface area contributed by atoms with E-state index in [9.17, 15) is 14.9 Å². The molecule has 0 radical (unpaired) electrons. The lowest BCUT2D eigenvalue weighted by atomic mass is 10.1. The normalized spacial score (nSPS) is 10.7. The smallest absolute Gasteiger partial charge is 0.270 e. The van der Waals surface area contributed by atoms with Crippen LogP contribution in [0.15, 0.2) is 18.2 Å². The number of nitrogens with zero attached hydrogens (tertiary/aromatic N) is 1. The fourth-order valence-corrected chi connectivity index (χ4v) is 1.78. The van der Waals surface area contributed by atoms with Crippen LogP contribution >= 0.6 is 0 Å². The Balaban J connectivity index is 2.74. The summed E-state index contributed by atoms with van der Waals surface area (Å²) in [7, 11) is 0. The summed E-state index contributed by atoms with van der Waals surface area (Å²) >= 11 is 0. The van der Waals surface area contributed by atoms with Gasteiger partial charge in [0.25, 0.3) is 11.6 Å². The van der Waals surface area contributed by atoms with E-state index in [1.807, 2.05) is 13.8 Å². The molecule has 0 aliphatic heterocycles. The number of nitrogens with one attached hydrogen (secondary N) is 1. The fourth-order valence-electron chi connectivity index (χ4n) is 1.78. The zero-order chi connectivity index (χ0) is 15.8. The van der Waals surface area contributed by atoms with Crippen molar-refractivity contribution < 1.29 is 19.2 Å². The Morgan fingerprint density at radius 1 is 1.33 bits per heavy atom. The van der Waals surface area contributed by atoms with Gasteiger partial charge in [0.1, 0.15) is 0 Å². The molecule has 0 aliphatic carbocycles. The maximum atomic E-state index is 12.1. The minimum atomic E-state index is -0.528. The number of hydrogen-bond acceptors (Lipinski definition) is 5. The van der Waals surface area contributed by atoms with Crippen molar-refractivity contribution in [2.45, 2.75) is 27.1 Å². The maximum absolute atomic E-state index is 12.1. The van der Waals surface area contributed by atoms with E-state index in [-0.39, 0.29) is 23.7 Å². The van der Waals surface area contributed by atoms with Gasteiger partial charge in [-0.2, -0.15) is 0 Å². The first kappa shape index (κ1) is 17.1. The molecule has 1 amide bonds. The number of hydrogen-bond donors (Lipinski definition) is 1.